The molecule has 2 N–H and O–H groups in total. The molecule has 0 aromatic carbocycles. The molecule has 3 atom stereocenters. The first-order valence-corrected chi connectivity index (χ1v) is 7.18. The summed E-state index contributed by atoms with van der Waals surface area (Å²) in [5, 5.41) is 0. The maximum atomic E-state index is 11.4. The summed E-state index contributed by atoms with van der Waals surface area (Å²) in [4.78, 5) is 13.8. The minimum atomic E-state index is -0.480. The van der Waals surface area contributed by atoms with Crippen molar-refractivity contribution >= 4 is 5.97 Å². The molecule has 106 valence electrons. The monoisotopic (exact) mass is 256 g/mol. The number of rotatable bonds is 6. The van der Waals surface area contributed by atoms with E-state index in [1.54, 1.807) is 6.92 Å². The summed E-state index contributed by atoms with van der Waals surface area (Å²) in [7, 11) is 2.14. The standard InChI is InChI=1S/C14H28N2O2/c1-4-18-14(17)12(15)9-10-16(3)13-8-6-5-7-11(13)2/h11-13H,4-10,15H2,1-3H3. The van der Waals surface area contributed by atoms with E-state index in [-0.39, 0.29) is 5.97 Å². The van der Waals surface area contributed by atoms with Gasteiger partial charge in [-0.15, -0.1) is 0 Å². The third kappa shape index (κ3) is 4.58. The number of hydrogen-bond acceptors (Lipinski definition) is 4. The average molecular weight is 256 g/mol. The van der Waals surface area contributed by atoms with Crippen LogP contribution in [0.15, 0.2) is 0 Å². The molecule has 0 amide bonds. The Labute approximate surface area is 111 Å². The van der Waals surface area contributed by atoms with Gasteiger partial charge in [0.05, 0.1) is 6.61 Å². The van der Waals surface area contributed by atoms with E-state index < -0.39 is 6.04 Å². The van der Waals surface area contributed by atoms with Crippen LogP contribution in [0.25, 0.3) is 0 Å². The topological polar surface area (TPSA) is 55.6 Å². The maximum Gasteiger partial charge on any atom is 0.322 e. The van der Waals surface area contributed by atoms with Gasteiger partial charge in [0.15, 0.2) is 0 Å². The Bertz CT molecular complexity index is 258. The molecule has 0 saturated heterocycles. The summed E-state index contributed by atoms with van der Waals surface area (Å²) < 4.78 is 4.92. The van der Waals surface area contributed by atoms with Crippen molar-refractivity contribution < 1.29 is 9.53 Å². The van der Waals surface area contributed by atoms with Gasteiger partial charge in [-0.05, 0) is 39.2 Å². The first kappa shape index (κ1) is 15.4. The van der Waals surface area contributed by atoms with Gasteiger partial charge < -0.3 is 15.4 Å². The van der Waals surface area contributed by atoms with Gasteiger partial charge in [0.25, 0.3) is 0 Å². The third-order valence-electron chi connectivity index (χ3n) is 4.01. The van der Waals surface area contributed by atoms with Gasteiger partial charge in [-0.3, -0.25) is 4.79 Å². The van der Waals surface area contributed by atoms with Crippen molar-refractivity contribution in [1.29, 1.82) is 0 Å². The molecule has 1 saturated carbocycles. The van der Waals surface area contributed by atoms with Crippen LogP contribution in [-0.2, 0) is 9.53 Å². The highest BCUT2D eigenvalue weighted by molar-refractivity contribution is 5.75. The zero-order valence-corrected chi connectivity index (χ0v) is 12.0. The fraction of sp³-hybridized carbons (Fsp3) is 0.929. The van der Waals surface area contributed by atoms with Gasteiger partial charge in [0.1, 0.15) is 6.04 Å². The molecule has 0 bridgehead atoms. The molecule has 0 heterocycles. The van der Waals surface area contributed by atoms with E-state index in [4.69, 9.17) is 10.5 Å². The van der Waals surface area contributed by atoms with E-state index in [2.05, 4.69) is 18.9 Å². The highest BCUT2D eigenvalue weighted by Crippen LogP contribution is 2.27. The normalized spacial score (nSPS) is 26.1. The maximum absolute atomic E-state index is 11.4. The summed E-state index contributed by atoms with van der Waals surface area (Å²) in [6.07, 6.45) is 5.95. The van der Waals surface area contributed by atoms with Crippen LogP contribution in [0.4, 0.5) is 0 Å². The van der Waals surface area contributed by atoms with Crippen LogP contribution < -0.4 is 5.73 Å². The molecular weight excluding hydrogens is 228 g/mol. The van der Waals surface area contributed by atoms with Crippen molar-refractivity contribution in [1.82, 2.24) is 4.90 Å². The first-order valence-electron chi connectivity index (χ1n) is 7.18. The van der Waals surface area contributed by atoms with Crippen LogP contribution in [0.2, 0.25) is 0 Å². The van der Waals surface area contributed by atoms with Crippen molar-refractivity contribution in [3.63, 3.8) is 0 Å². The van der Waals surface area contributed by atoms with Crippen LogP contribution in [0.5, 0.6) is 0 Å². The molecule has 18 heavy (non-hydrogen) atoms. The second-order valence-corrected chi connectivity index (χ2v) is 5.46. The first-order chi connectivity index (χ1) is 8.56. The van der Waals surface area contributed by atoms with Crippen LogP contribution in [0.3, 0.4) is 0 Å². The lowest BCUT2D eigenvalue weighted by atomic mass is 9.85. The molecule has 0 aromatic rings. The predicted molar refractivity (Wildman–Crippen MR) is 73.3 cm³/mol. The molecule has 1 rings (SSSR count). The van der Waals surface area contributed by atoms with Crippen LogP contribution in [0, 0.1) is 5.92 Å². The highest BCUT2D eigenvalue weighted by Gasteiger charge is 2.25. The molecule has 0 aliphatic heterocycles. The highest BCUT2D eigenvalue weighted by atomic mass is 16.5. The summed E-state index contributed by atoms with van der Waals surface area (Å²) in [5.41, 5.74) is 5.81. The molecule has 0 aromatic heterocycles. The Balaban J connectivity index is 2.31. The van der Waals surface area contributed by atoms with Gasteiger partial charge in [0, 0.05) is 12.6 Å². The van der Waals surface area contributed by atoms with E-state index in [0.29, 0.717) is 19.1 Å². The van der Waals surface area contributed by atoms with Gasteiger partial charge in [0.2, 0.25) is 0 Å². The molecule has 4 nitrogen and oxygen atoms in total. The Morgan fingerprint density at radius 1 is 1.44 bits per heavy atom. The summed E-state index contributed by atoms with van der Waals surface area (Å²) in [5.74, 6) is 0.477. The average Bonchev–Trinajstić information content (AvgIpc) is 2.36. The quantitative estimate of drug-likeness (QED) is 0.736. The van der Waals surface area contributed by atoms with Gasteiger partial charge in [-0.1, -0.05) is 19.8 Å². The third-order valence-corrected chi connectivity index (χ3v) is 4.01. The second-order valence-electron chi connectivity index (χ2n) is 5.46. The zero-order chi connectivity index (χ0) is 13.5. The number of ether oxygens (including phenoxy) is 1. The van der Waals surface area contributed by atoms with Crippen LogP contribution in [-0.4, -0.2) is 43.2 Å². The Hall–Kier alpha value is -0.610. The summed E-state index contributed by atoms with van der Waals surface area (Å²) in [6, 6.07) is 0.166. The van der Waals surface area contributed by atoms with Gasteiger partial charge >= 0.3 is 5.97 Å². The molecule has 1 aliphatic carbocycles. The molecule has 0 radical (unpaired) electrons. The fourth-order valence-corrected chi connectivity index (χ4v) is 2.83. The van der Waals surface area contributed by atoms with E-state index in [1.165, 1.54) is 25.7 Å². The Morgan fingerprint density at radius 2 is 2.11 bits per heavy atom. The lowest BCUT2D eigenvalue weighted by molar-refractivity contribution is -0.144. The minimum Gasteiger partial charge on any atom is -0.465 e. The number of nitrogens with two attached hydrogens (primary N) is 1. The van der Waals surface area contributed by atoms with Crippen LogP contribution >= 0.6 is 0 Å². The number of nitrogens with zero attached hydrogens (tertiary/aromatic N) is 1. The van der Waals surface area contributed by atoms with Crippen LogP contribution in [0.1, 0.15) is 46.0 Å². The van der Waals surface area contributed by atoms with Gasteiger partial charge in [-0.2, -0.15) is 0 Å². The van der Waals surface area contributed by atoms with Crippen molar-refractivity contribution in [2.45, 2.75) is 58.0 Å². The van der Waals surface area contributed by atoms with E-state index in [0.717, 1.165) is 12.5 Å². The number of carbonyl (C=O) groups is 1. The van der Waals surface area contributed by atoms with Crippen molar-refractivity contribution in [3.8, 4) is 0 Å². The van der Waals surface area contributed by atoms with Gasteiger partial charge in [-0.25, -0.2) is 0 Å². The van der Waals surface area contributed by atoms with E-state index >= 15 is 0 Å². The lowest BCUT2D eigenvalue weighted by Gasteiger charge is -2.36. The molecular formula is C14H28N2O2. The number of esters is 1. The van der Waals surface area contributed by atoms with E-state index in [9.17, 15) is 4.79 Å². The van der Waals surface area contributed by atoms with E-state index in [1.807, 2.05) is 0 Å². The smallest absolute Gasteiger partial charge is 0.322 e. The summed E-state index contributed by atoms with van der Waals surface area (Å²) >= 11 is 0. The van der Waals surface area contributed by atoms with Crippen molar-refractivity contribution in [3.05, 3.63) is 0 Å². The van der Waals surface area contributed by atoms with Crippen molar-refractivity contribution in [2.75, 3.05) is 20.2 Å². The summed E-state index contributed by atoms with van der Waals surface area (Å²) in [6.45, 7) is 5.41. The second kappa shape index (κ2) is 7.74. The minimum absolute atomic E-state index is 0.275. The van der Waals surface area contributed by atoms with Crippen molar-refractivity contribution in [2.24, 2.45) is 11.7 Å². The lowest BCUT2D eigenvalue weighted by Crippen LogP contribution is -2.42. The molecule has 4 heteroatoms. The number of hydrogen-bond donors (Lipinski definition) is 1. The predicted octanol–water partition coefficient (Wildman–Crippen LogP) is 1.78. The molecule has 1 fully saturated rings. The zero-order valence-electron chi connectivity index (χ0n) is 12.0. The molecule has 0 spiro atoms. The number of carbonyl (C=O) groups excluding carboxylic acids is 1. The molecule has 3 unspecified atom stereocenters. The largest absolute Gasteiger partial charge is 0.465 e. The Kier molecular flexibility index (Phi) is 6.65. The SMILES string of the molecule is CCOC(=O)C(N)CCN(C)C1CCCCC1C. The molecule has 1 aliphatic rings. The Morgan fingerprint density at radius 3 is 2.72 bits per heavy atom. The fourth-order valence-electron chi connectivity index (χ4n) is 2.83.